The van der Waals surface area contributed by atoms with Crippen molar-refractivity contribution in [3.05, 3.63) is 0 Å². The highest BCUT2D eigenvalue weighted by molar-refractivity contribution is 6.44. The van der Waals surface area contributed by atoms with E-state index in [9.17, 15) is 14.4 Å². The highest BCUT2D eigenvalue weighted by Crippen LogP contribution is 2.10. The van der Waals surface area contributed by atoms with Gasteiger partial charge in [0.1, 0.15) is 0 Å². The molecule has 4 amide bonds. The number of unbranched alkanes of at least 4 members (excludes halogenated alkanes) is 2. The molecule has 2 N–H and O–H groups in total. The van der Waals surface area contributed by atoms with Gasteiger partial charge in [-0.25, -0.2) is 4.79 Å². The van der Waals surface area contributed by atoms with E-state index in [0.29, 0.717) is 19.5 Å². The van der Waals surface area contributed by atoms with Crippen LogP contribution in [0.25, 0.3) is 0 Å². The maximum absolute atomic E-state index is 11.4. The third-order valence-corrected chi connectivity index (χ3v) is 2.34. The lowest BCUT2D eigenvalue weighted by molar-refractivity contribution is -0.142. The predicted molar refractivity (Wildman–Crippen MR) is 52.8 cm³/mol. The number of urea groups is 1. The second kappa shape index (κ2) is 4.88. The SMILES string of the molecule is CN1C(=O)C(=O)N(CCCCCN)C1=O. The van der Waals surface area contributed by atoms with E-state index in [1.165, 1.54) is 7.05 Å². The molecule has 15 heavy (non-hydrogen) atoms. The molecule has 0 saturated carbocycles. The molecule has 0 unspecified atom stereocenters. The van der Waals surface area contributed by atoms with E-state index in [-0.39, 0.29) is 0 Å². The molecule has 0 radical (unpaired) electrons. The summed E-state index contributed by atoms with van der Waals surface area (Å²) in [6.07, 6.45) is 2.40. The molecular formula is C9H15N3O3. The Morgan fingerprint density at radius 1 is 1.07 bits per heavy atom. The smallest absolute Gasteiger partial charge is 0.330 e. The van der Waals surface area contributed by atoms with Crippen molar-refractivity contribution in [3.8, 4) is 0 Å². The number of hydrogen-bond donors (Lipinski definition) is 1. The van der Waals surface area contributed by atoms with Crippen molar-refractivity contribution in [1.29, 1.82) is 0 Å². The third-order valence-electron chi connectivity index (χ3n) is 2.34. The first-order valence-corrected chi connectivity index (χ1v) is 4.93. The molecule has 1 fully saturated rings. The number of hydrogen-bond acceptors (Lipinski definition) is 4. The first kappa shape index (κ1) is 11.6. The van der Waals surface area contributed by atoms with Crippen LogP contribution in [0.5, 0.6) is 0 Å². The van der Waals surface area contributed by atoms with E-state index in [1.807, 2.05) is 0 Å². The summed E-state index contributed by atoms with van der Waals surface area (Å²) in [6, 6.07) is -0.530. The molecule has 6 heteroatoms. The number of likely N-dealkylation sites (N-methyl/N-ethyl adjacent to an activating group) is 1. The van der Waals surface area contributed by atoms with Gasteiger partial charge in [-0.2, -0.15) is 0 Å². The fourth-order valence-electron chi connectivity index (χ4n) is 1.40. The fraction of sp³-hybridized carbons (Fsp3) is 0.667. The average Bonchev–Trinajstić information content (AvgIpc) is 2.41. The van der Waals surface area contributed by atoms with Crippen molar-refractivity contribution >= 4 is 17.8 Å². The van der Waals surface area contributed by atoms with Crippen LogP contribution in [0.3, 0.4) is 0 Å². The lowest BCUT2D eigenvalue weighted by atomic mass is 10.2. The molecule has 0 aliphatic carbocycles. The number of carbonyl (C=O) groups excluding carboxylic acids is 3. The molecule has 0 spiro atoms. The summed E-state index contributed by atoms with van der Waals surface area (Å²) < 4.78 is 0. The van der Waals surface area contributed by atoms with E-state index in [2.05, 4.69) is 0 Å². The highest BCUT2D eigenvalue weighted by atomic mass is 16.2. The molecule has 1 saturated heterocycles. The topological polar surface area (TPSA) is 83.7 Å². The number of nitrogens with zero attached hydrogens (tertiary/aromatic N) is 2. The van der Waals surface area contributed by atoms with Gasteiger partial charge in [0.25, 0.3) is 0 Å². The van der Waals surface area contributed by atoms with Gasteiger partial charge < -0.3 is 5.73 Å². The summed E-state index contributed by atoms with van der Waals surface area (Å²) >= 11 is 0. The minimum Gasteiger partial charge on any atom is -0.330 e. The Balaban J connectivity index is 2.45. The van der Waals surface area contributed by atoms with Crippen LogP contribution >= 0.6 is 0 Å². The largest absolute Gasteiger partial charge is 0.333 e. The van der Waals surface area contributed by atoms with Gasteiger partial charge >= 0.3 is 17.8 Å². The van der Waals surface area contributed by atoms with Crippen LogP contribution < -0.4 is 5.73 Å². The van der Waals surface area contributed by atoms with Crippen LogP contribution in [0.15, 0.2) is 0 Å². The lowest BCUT2D eigenvalue weighted by Gasteiger charge is -2.11. The Kier molecular flexibility index (Phi) is 3.79. The first-order chi connectivity index (χ1) is 7.09. The van der Waals surface area contributed by atoms with Crippen molar-refractivity contribution in [2.45, 2.75) is 19.3 Å². The van der Waals surface area contributed by atoms with Gasteiger partial charge in [-0.1, -0.05) is 6.42 Å². The van der Waals surface area contributed by atoms with Crippen LogP contribution in [0.1, 0.15) is 19.3 Å². The molecule has 1 heterocycles. The van der Waals surface area contributed by atoms with Gasteiger partial charge in [0.15, 0.2) is 0 Å². The zero-order chi connectivity index (χ0) is 11.4. The predicted octanol–water partition coefficient (Wildman–Crippen LogP) is -0.464. The van der Waals surface area contributed by atoms with Crippen molar-refractivity contribution in [2.24, 2.45) is 5.73 Å². The maximum atomic E-state index is 11.4. The minimum absolute atomic E-state index is 0.299. The maximum Gasteiger partial charge on any atom is 0.333 e. The van der Waals surface area contributed by atoms with Gasteiger partial charge in [0.2, 0.25) is 0 Å². The molecule has 1 aliphatic rings. The molecule has 1 aliphatic heterocycles. The van der Waals surface area contributed by atoms with Gasteiger partial charge in [0.05, 0.1) is 0 Å². The van der Waals surface area contributed by atoms with Crippen LogP contribution in [0.2, 0.25) is 0 Å². The number of imide groups is 2. The summed E-state index contributed by atoms with van der Waals surface area (Å²) in [7, 11) is 1.31. The zero-order valence-electron chi connectivity index (χ0n) is 8.73. The van der Waals surface area contributed by atoms with E-state index in [4.69, 9.17) is 5.73 Å². The van der Waals surface area contributed by atoms with Crippen LogP contribution in [0.4, 0.5) is 4.79 Å². The fourth-order valence-corrected chi connectivity index (χ4v) is 1.40. The molecule has 0 atom stereocenters. The number of rotatable bonds is 5. The average molecular weight is 213 g/mol. The van der Waals surface area contributed by atoms with Crippen LogP contribution in [0, 0.1) is 0 Å². The highest BCUT2D eigenvalue weighted by Gasteiger charge is 2.41. The molecule has 84 valence electrons. The van der Waals surface area contributed by atoms with Crippen molar-refractivity contribution < 1.29 is 14.4 Å². The Bertz CT molecular complexity index is 290. The second-order valence-corrected chi connectivity index (χ2v) is 3.45. The quantitative estimate of drug-likeness (QED) is 0.380. The monoisotopic (exact) mass is 213 g/mol. The zero-order valence-corrected chi connectivity index (χ0v) is 8.73. The van der Waals surface area contributed by atoms with Gasteiger partial charge in [-0.3, -0.25) is 19.4 Å². The second-order valence-electron chi connectivity index (χ2n) is 3.45. The Labute approximate surface area is 88.0 Å². The van der Waals surface area contributed by atoms with Gasteiger partial charge in [-0.15, -0.1) is 0 Å². The van der Waals surface area contributed by atoms with Gasteiger partial charge in [0, 0.05) is 13.6 Å². The third kappa shape index (κ3) is 2.33. The summed E-state index contributed by atoms with van der Waals surface area (Å²) in [5.74, 6) is -1.48. The van der Waals surface area contributed by atoms with Crippen LogP contribution in [-0.4, -0.2) is 47.8 Å². The molecule has 0 bridgehead atoms. The van der Waals surface area contributed by atoms with E-state index >= 15 is 0 Å². The first-order valence-electron chi connectivity index (χ1n) is 4.93. The summed E-state index contributed by atoms with van der Waals surface area (Å²) in [5.41, 5.74) is 5.31. The van der Waals surface area contributed by atoms with Crippen LogP contribution in [-0.2, 0) is 9.59 Å². The normalized spacial score (nSPS) is 16.8. The molecule has 0 aromatic carbocycles. The molecule has 1 rings (SSSR count). The standard InChI is InChI=1S/C9H15N3O3/c1-11-7(13)8(14)12(9(11)15)6-4-2-3-5-10/h2-6,10H2,1H3. The Morgan fingerprint density at radius 2 is 1.73 bits per heavy atom. The lowest BCUT2D eigenvalue weighted by Crippen LogP contribution is -2.32. The number of carbonyl (C=O) groups is 3. The van der Waals surface area contributed by atoms with E-state index < -0.39 is 17.8 Å². The van der Waals surface area contributed by atoms with Crippen molar-refractivity contribution in [2.75, 3.05) is 20.1 Å². The Hall–Kier alpha value is -1.43. The van der Waals surface area contributed by atoms with Crippen molar-refractivity contribution in [1.82, 2.24) is 9.80 Å². The summed E-state index contributed by atoms with van der Waals surface area (Å²) in [5, 5.41) is 0. The summed E-state index contributed by atoms with van der Waals surface area (Å²) in [4.78, 5) is 35.6. The van der Waals surface area contributed by atoms with Gasteiger partial charge in [-0.05, 0) is 19.4 Å². The summed E-state index contributed by atoms with van der Waals surface area (Å²) in [6.45, 7) is 0.897. The molecule has 6 nitrogen and oxygen atoms in total. The molecule has 0 aromatic heterocycles. The van der Waals surface area contributed by atoms with Crippen molar-refractivity contribution in [3.63, 3.8) is 0 Å². The molecular weight excluding hydrogens is 198 g/mol. The number of amides is 4. The van der Waals surface area contributed by atoms with E-state index in [0.717, 1.165) is 22.6 Å². The van der Waals surface area contributed by atoms with E-state index in [1.54, 1.807) is 0 Å². The minimum atomic E-state index is -0.751. The molecule has 0 aromatic rings. The Morgan fingerprint density at radius 3 is 2.20 bits per heavy atom. The number of nitrogens with two attached hydrogens (primary N) is 1.